The third kappa shape index (κ3) is 2.73. The molecule has 1 saturated heterocycles. The van der Waals surface area contributed by atoms with Gasteiger partial charge in [0.25, 0.3) is 5.69 Å². The van der Waals surface area contributed by atoms with Crippen LogP contribution in [0.2, 0.25) is 0 Å². The summed E-state index contributed by atoms with van der Waals surface area (Å²) in [5.74, 6) is -0.288. The predicted molar refractivity (Wildman–Crippen MR) is 83.7 cm³/mol. The number of non-ortho nitro benzene ring substituents is 1. The highest BCUT2D eigenvalue weighted by molar-refractivity contribution is 6.03. The summed E-state index contributed by atoms with van der Waals surface area (Å²) in [6, 6.07) is 6.26. The van der Waals surface area contributed by atoms with Crippen LogP contribution in [0.1, 0.15) is 50.5 Å². The highest BCUT2D eigenvalue weighted by Gasteiger charge is 2.49. The molecule has 1 aromatic rings. The number of piperidine rings is 1. The Labute approximate surface area is 134 Å². The molecule has 1 saturated carbocycles. The number of nitro benzene ring substituents is 1. The topological polar surface area (TPSA) is 89.3 Å². The number of rotatable bonds is 3. The van der Waals surface area contributed by atoms with Gasteiger partial charge in [-0.15, -0.1) is 0 Å². The molecule has 6 nitrogen and oxygen atoms in total. The molecule has 0 spiro atoms. The first-order valence-corrected chi connectivity index (χ1v) is 8.13. The predicted octanol–water partition coefficient (Wildman–Crippen LogP) is 2.85. The minimum Gasteiger partial charge on any atom is -0.296 e. The SMILES string of the molecule is O=C1CCC(c2ccc([N+](=O)[O-])cc2)(C2CCCCC2)C(=O)N1. The van der Waals surface area contributed by atoms with E-state index in [1.54, 1.807) is 12.1 Å². The van der Waals surface area contributed by atoms with Crippen LogP contribution in [0.5, 0.6) is 0 Å². The van der Waals surface area contributed by atoms with E-state index in [0.29, 0.717) is 12.8 Å². The van der Waals surface area contributed by atoms with Gasteiger partial charge in [0.05, 0.1) is 10.3 Å². The van der Waals surface area contributed by atoms with Crippen molar-refractivity contribution in [3.8, 4) is 0 Å². The van der Waals surface area contributed by atoms with Crippen molar-refractivity contribution in [3.05, 3.63) is 39.9 Å². The third-order valence-electron chi connectivity index (χ3n) is 5.30. The van der Waals surface area contributed by atoms with E-state index in [1.807, 2.05) is 0 Å². The van der Waals surface area contributed by atoms with Gasteiger partial charge in [-0.25, -0.2) is 0 Å². The van der Waals surface area contributed by atoms with Crippen molar-refractivity contribution < 1.29 is 14.5 Å². The molecule has 2 fully saturated rings. The van der Waals surface area contributed by atoms with Gasteiger partial charge in [0, 0.05) is 18.6 Å². The van der Waals surface area contributed by atoms with Gasteiger partial charge in [0.1, 0.15) is 0 Å². The Kier molecular flexibility index (Phi) is 4.15. The molecular formula is C17H20N2O4. The number of nitrogens with zero attached hydrogens (tertiary/aromatic N) is 1. The summed E-state index contributed by atoms with van der Waals surface area (Å²) in [5, 5.41) is 13.4. The molecule has 2 aliphatic rings. The van der Waals surface area contributed by atoms with Gasteiger partial charge in [-0.1, -0.05) is 31.4 Å². The van der Waals surface area contributed by atoms with Crippen LogP contribution in [0, 0.1) is 16.0 Å². The number of imide groups is 1. The second kappa shape index (κ2) is 6.10. The molecule has 1 N–H and O–H groups in total. The monoisotopic (exact) mass is 316 g/mol. The maximum Gasteiger partial charge on any atom is 0.269 e. The number of carbonyl (C=O) groups is 2. The van der Waals surface area contributed by atoms with E-state index in [-0.39, 0.29) is 23.4 Å². The van der Waals surface area contributed by atoms with E-state index in [1.165, 1.54) is 18.6 Å². The van der Waals surface area contributed by atoms with Gasteiger partial charge >= 0.3 is 0 Å². The van der Waals surface area contributed by atoms with Crippen molar-refractivity contribution in [1.82, 2.24) is 5.32 Å². The summed E-state index contributed by atoms with van der Waals surface area (Å²) >= 11 is 0. The minimum atomic E-state index is -0.733. The quantitative estimate of drug-likeness (QED) is 0.527. The lowest BCUT2D eigenvalue weighted by atomic mass is 9.61. The maximum absolute atomic E-state index is 12.8. The summed E-state index contributed by atoms with van der Waals surface area (Å²) < 4.78 is 0. The highest BCUT2D eigenvalue weighted by Crippen LogP contribution is 2.46. The van der Waals surface area contributed by atoms with Crippen molar-refractivity contribution in [2.45, 2.75) is 50.4 Å². The van der Waals surface area contributed by atoms with Crippen molar-refractivity contribution in [3.63, 3.8) is 0 Å². The number of benzene rings is 1. The highest BCUT2D eigenvalue weighted by atomic mass is 16.6. The Morgan fingerprint density at radius 1 is 1.09 bits per heavy atom. The lowest BCUT2D eigenvalue weighted by Crippen LogP contribution is -2.55. The Hall–Kier alpha value is -2.24. The molecule has 3 rings (SSSR count). The molecule has 1 heterocycles. The zero-order chi connectivity index (χ0) is 16.4. The fourth-order valence-corrected chi connectivity index (χ4v) is 4.10. The molecule has 6 heteroatoms. The van der Waals surface area contributed by atoms with E-state index in [2.05, 4.69) is 5.32 Å². The largest absolute Gasteiger partial charge is 0.296 e. The van der Waals surface area contributed by atoms with E-state index < -0.39 is 10.3 Å². The fourth-order valence-electron chi connectivity index (χ4n) is 4.10. The lowest BCUT2D eigenvalue weighted by molar-refractivity contribution is -0.384. The summed E-state index contributed by atoms with van der Waals surface area (Å²) in [5.41, 5.74) is 0.0727. The Morgan fingerprint density at radius 2 is 1.74 bits per heavy atom. The maximum atomic E-state index is 12.8. The number of hydrogen-bond donors (Lipinski definition) is 1. The number of carbonyl (C=O) groups excluding carboxylic acids is 2. The zero-order valence-electron chi connectivity index (χ0n) is 12.9. The van der Waals surface area contributed by atoms with Gasteiger partial charge in [-0.05, 0) is 30.7 Å². The fraction of sp³-hybridized carbons (Fsp3) is 0.529. The van der Waals surface area contributed by atoms with Crippen molar-refractivity contribution >= 4 is 17.5 Å². The van der Waals surface area contributed by atoms with Crippen LogP contribution in [0.15, 0.2) is 24.3 Å². The van der Waals surface area contributed by atoms with Crippen molar-refractivity contribution in [1.29, 1.82) is 0 Å². The van der Waals surface area contributed by atoms with Gasteiger partial charge in [0.2, 0.25) is 11.8 Å². The summed E-state index contributed by atoms with van der Waals surface area (Å²) in [4.78, 5) is 34.8. The van der Waals surface area contributed by atoms with Crippen molar-refractivity contribution in [2.75, 3.05) is 0 Å². The molecule has 0 radical (unpaired) electrons. The van der Waals surface area contributed by atoms with Crippen LogP contribution in [-0.4, -0.2) is 16.7 Å². The molecular weight excluding hydrogens is 296 g/mol. The summed E-state index contributed by atoms with van der Waals surface area (Å²) in [6.45, 7) is 0. The van der Waals surface area contributed by atoms with Crippen LogP contribution < -0.4 is 5.32 Å². The molecule has 23 heavy (non-hydrogen) atoms. The third-order valence-corrected chi connectivity index (χ3v) is 5.30. The normalized spacial score (nSPS) is 25.9. The Morgan fingerprint density at radius 3 is 2.30 bits per heavy atom. The number of nitro groups is 1. The molecule has 0 aromatic heterocycles. The molecule has 1 aliphatic carbocycles. The van der Waals surface area contributed by atoms with Crippen LogP contribution in [0.3, 0.4) is 0 Å². The minimum absolute atomic E-state index is 0.0137. The van der Waals surface area contributed by atoms with Crippen molar-refractivity contribution in [2.24, 2.45) is 5.92 Å². The molecule has 0 bridgehead atoms. The average molecular weight is 316 g/mol. The van der Waals surface area contributed by atoms with E-state index in [4.69, 9.17) is 0 Å². The average Bonchev–Trinajstić information content (AvgIpc) is 2.56. The van der Waals surface area contributed by atoms with Gasteiger partial charge in [0.15, 0.2) is 0 Å². The first-order valence-electron chi connectivity index (χ1n) is 8.13. The molecule has 1 aliphatic heterocycles. The Bertz CT molecular complexity index is 634. The first kappa shape index (κ1) is 15.6. The van der Waals surface area contributed by atoms with Gasteiger partial charge < -0.3 is 0 Å². The van der Waals surface area contributed by atoms with Crippen LogP contribution >= 0.6 is 0 Å². The molecule has 1 atom stereocenters. The molecule has 1 aromatic carbocycles. The zero-order valence-corrected chi connectivity index (χ0v) is 12.9. The van der Waals surface area contributed by atoms with Crippen LogP contribution in [0.4, 0.5) is 5.69 Å². The summed E-state index contributed by atoms with van der Waals surface area (Å²) in [6.07, 6.45) is 6.06. The Balaban J connectivity index is 2.02. The molecule has 2 amide bonds. The summed E-state index contributed by atoms with van der Waals surface area (Å²) in [7, 11) is 0. The van der Waals surface area contributed by atoms with E-state index in [0.717, 1.165) is 31.2 Å². The lowest BCUT2D eigenvalue weighted by Gasteiger charge is -2.43. The number of nitrogens with one attached hydrogen (secondary N) is 1. The van der Waals surface area contributed by atoms with Gasteiger partial charge in [-0.2, -0.15) is 0 Å². The van der Waals surface area contributed by atoms with E-state index >= 15 is 0 Å². The second-order valence-corrected chi connectivity index (χ2v) is 6.49. The molecule has 122 valence electrons. The second-order valence-electron chi connectivity index (χ2n) is 6.49. The number of hydrogen-bond acceptors (Lipinski definition) is 4. The standard InChI is InChI=1S/C17H20N2O4/c20-15-10-11-17(16(21)18-15,12-4-2-1-3-5-12)13-6-8-14(9-7-13)19(22)23/h6-9,12H,1-5,10-11H2,(H,18,20,21). The number of amides is 2. The van der Waals surface area contributed by atoms with E-state index in [9.17, 15) is 19.7 Å². The first-order chi connectivity index (χ1) is 11.0. The van der Waals surface area contributed by atoms with Crippen LogP contribution in [0.25, 0.3) is 0 Å². The smallest absolute Gasteiger partial charge is 0.269 e. The van der Waals surface area contributed by atoms with Gasteiger partial charge in [-0.3, -0.25) is 25.0 Å². The molecule has 1 unspecified atom stereocenters. The van der Waals surface area contributed by atoms with Crippen LogP contribution in [-0.2, 0) is 15.0 Å².